The number of aryl methyl sites for hydroxylation is 1. The molecule has 2 unspecified atom stereocenters. The van der Waals surface area contributed by atoms with Gasteiger partial charge in [0.25, 0.3) is 0 Å². The normalized spacial score (nSPS) is 23.7. The van der Waals surface area contributed by atoms with Crippen LogP contribution in [-0.4, -0.2) is 11.0 Å². The summed E-state index contributed by atoms with van der Waals surface area (Å²) in [5.41, 5.74) is 8.70. The lowest BCUT2D eigenvalue weighted by Gasteiger charge is -2.14. The minimum atomic E-state index is 0.272. The van der Waals surface area contributed by atoms with Crippen LogP contribution in [0.3, 0.4) is 0 Å². The van der Waals surface area contributed by atoms with E-state index >= 15 is 0 Å². The summed E-state index contributed by atoms with van der Waals surface area (Å²) in [6.07, 6.45) is 6.17. The van der Waals surface area contributed by atoms with Gasteiger partial charge < -0.3 is 5.73 Å². The van der Waals surface area contributed by atoms with Gasteiger partial charge in [0, 0.05) is 18.4 Å². The largest absolute Gasteiger partial charge is 0.327 e. The third-order valence-electron chi connectivity index (χ3n) is 2.70. The lowest BCUT2D eigenvalue weighted by atomic mass is 9.96. The first kappa shape index (κ1) is 7.74. The zero-order chi connectivity index (χ0) is 8.55. The van der Waals surface area contributed by atoms with E-state index in [0.29, 0.717) is 5.92 Å². The Bertz CT molecular complexity index is 281. The summed E-state index contributed by atoms with van der Waals surface area (Å²) in [5.74, 6) is 0.558. The monoisotopic (exact) mass is 162 g/mol. The first-order chi connectivity index (χ1) is 5.79. The molecule has 1 heterocycles. The highest BCUT2D eigenvalue weighted by molar-refractivity contribution is 5.33. The van der Waals surface area contributed by atoms with E-state index < -0.39 is 0 Å². The van der Waals surface area contributed by atoms with Crippen molar-refractivity contribution in [3.63, 3.8) is 0 Å². The van der Waals surface area contributed by atoms with Gasteiger partial charge >= 0.3 is 0 Å². The third-order valence-corrected chi connectivity index (χ3v) is 2.70. The predicted molar refractivity (Wildman–Crippen MR) is 48.9 cm³/mol. The topological polar surface area (TPSA) is 38.9 Å². The highest BCUT2D eigenvalue weighted by Crippen LogP contribution is 2.33. The van der Waals surface area contributed by atoms with E-state index in [9.17, 15) is 0 Å². The van der Waals surface area contributed by atoms with Crippen LogP contribution in [0.1, 0.15) is 30.4 Å². The number of pyridine rings is 1. The highest BCUT2D eigenvalue weighted by Gasteiger charge is 2.24. The molecule has 0 aliphatic heterocycles. The molecule has 12 heavy (non-hydrogen) atoms. The van der Waals surface area contributed by atoms with Gasteiger partial charge in [-0.15, -0.1) is 0 Å². The molecule has 2 N–H and O–H groups in total. The molecule has 2 rings (SSSR count). The maximum atomic E-state index is 5.89. The van der Waals surface area contributed by atoms with Crippen LogP contribution in [0.15, 0.2) is 18.5 Å². The Morgan fingerprint density at radius 2 is 2.50 bits per heavy atom. The van der Waals surface area contributed by atoms with Crippen molar-refractivity contribution in [2.24, 2.45) is 5.73 Å². The van der Waals surface area contributed by atoms with Crippen molar-refractivity contribution in [1.82, 2.24) is 4.98 Å². The Balaban J connectivity index is 2.36. The maximum absolute atomic E-state index is 5.89. The van der Waals surface area contributed by atoms with Gasteiger partial charge in [0.2, 0.25) is 0 Å². The molecule has 0 saturated heterocycles. The van der Waals surface area contributed by atoms with Crippen LogP contribution >= 0.6 is 0 Å². The van der Waals surface area contributed by atoms with E-state index in [1.54, 1.807) is 0 Å². The Morgan fingerprint density at radius 1 is 1.67 bits per heavy atom. The molecular formula is C10H14N2. The van der Waals surface area contributed by atoms with Crippen LogP contribution in [0.4, 0.5) is 0 Å². The van der Waals surface area contributed by atoms with Gasteiger partial charge in [-0.2, -0.15) is 0 Å². The van der Waals surface area contributed by atoms with E-state index in [1.165, 1.54) is 17.5 Å². The van der Waals surface area contributed by atoms with Crippen molar-refractivity contribution in [3.05, 3.63) is 29.6 Å². The van der Waals surface area contributed by atoms with E-state index in [4.69, 9.17) is 5.73 Å². The molecule has 1 aromatic rings. The van der Waals surface area contributed by atoms with Crippen molar-refractivity contribution >= 4 is 0 Å². The zero-order valence-electron chi connectivity index (χ0n) is 7.33. The van der Waals surface area contributed by atoms with Crippen LogP contribution < -0.4 is 5.73 Å². The number of fused-ring (bicyclic) bond motifs is 1. The minimum Gasteiger partial charge on any atom is -0.327 e. The summed E-state index contributed by atoms with van der Waals surface area (Å²) in [5, 5.41) is 0. The lowest BCUT2D eigenvalue weighted by molar-refractivity contribution is 0.564. The Hall–Kier alpha value is -0.890. The van der Waals surface area contributed by atoms with Crippen molar-refractivity contribution < 1.29 is 0 Å². The summed E-state index contributed by atoms with van der Waals surface area (Å²) in [4.78, 5) is 4.11. The first-order valence-corrected chi connectivity index (χ1v) is 4.47. The molecule has 64 valence electrons. The number of aromatic nitrogens is 1. The quantitative estimate of drug-likeness (QED) is 0.679. The van der Waals surface area contributed by atoms with Crippen LogP contribution in [0.2, 0.25) is 0 Å². The van der Waals surface area contributed by atoms with E-state index in [-0.39, 0.29) is 6.04 Å². The predicted octanol–water partition coefficient (Wildman–Crippen LogP) is 1.46. The molecule has 0 radical (unpaired) electrons. The fraction of sp³-hybridized carbons (Fsp3) is 0.500. The molecule has 1 aliphatic rings. The SMILES string of the molecule is CC(N)C1CCc2cnccc21. The molecular weight excluding hydrogens is 148 g/mol. The molecule has 0 bridgehead atoms. The van der Waals surface area contributed by atoms with Gasteiger partial charge in [0.1, 0.15) is 0 Å². The van der Waals surface area contributed by atoms with E-state index in [0.717, 1.165) is 6.42 Å². The molecule has 2 atom stereocenters. The number of nitrogens with two attached hydrogens (primary N) is 1. The molecule has 0 aromatic carbocycles. The van der Waals surface area contributed by atoms with Crippen LogP contribution in [0.5, 0.6) is 0 Å². The molecule has 0 spiro atoms. The second-order valence-corrected chi connectivity index (χ2v) is 3.58. The molecule has 1 aliphatic carbocycles. The summed E-state index contributed by atoms with van der Waals surface area (Å²) in [6, 6.07) is 2.38. The maximum Gasteiger partial charge on any atom is 0.0302 e. The Labute approximate surface area is 72.8 Å². The summed E-state index contributed by atoms with van der Waals surface area (Å²) in [7, 11) is 0. The standard InChI is InChI=1S/C10H14N2/c1-7(11)9-3-2-8-6-12-5-4-10(8)9/h4-7,9H,2-3,11H2,1H3. The number of rotatable bonds is 1. The molecule has 2 heteroatoms. The van der Waals surface area contributed by atoms with Crippen molar-refractivity contribution in [2.45, 2.75) is 31.7 Å². The fourth-order valence-electron chi connectivity index (χ4n) is 2.02. The summed E-state index contributed by atoms with van der Waals surface area (Å²) < 4.78 is 0. The average molecular weight is 162 g/mol. The lowest BCUT2D eigenvalue weighted by Crippen LogP contribution is -2.22. The third kappa shape index (κ3) is 1.12. The van der Waals surface area contributed by atoms with Crippen molar-refractivity contribution in [1.29, 1.82) is 0 Å². The Kier molecular flexibility index (Phi) is 1.85. The van der Waals surface area contributed by atoms with Gasteiger partial charge in [-0.05, 0) is 42.9 Å². The second kappa shape index (κ2) is 2.87. The molecule has 0 saturated carbocycles. The van der Waals surface area contributed by atoms with Crippen molar-refractivity contribution in [2.75, 3.05) is 0 Å². The summed E-state index contributed by atoms with van der Waals surface area (Å²) in [6.45, 7) is 2.08. The average Bonchev–Trinajstić information content (AvgIpc) is 2.47. The molecule has 1 aromatic heterocycles. The van der Waals surface area contributed by atoms with Crippen LogP contribution in [-0.2, 0) is 6.42 Å². The first-order valence-electron chi connectivity index (χ1n) is 4.47. The molecule has 0 amide bonds. The van der Waals surface area contributed by atoms with E-state index in [1.807, 2.05) is 12.4 Å². The van der Waals surface area contributed by atoms with E-state index in [2.05, 4.69) is 18.0 Å². The minimum absolute atomic E-state index is 0.272. The van der Waals surface area contributed by atoms with Gasteiger partial charge in [0.05, 0.1) is 0 Å². The smallest absolute Gasteiger partial charge is 0.0302 e. The number of nitrogens with zero attached hydrogens (tertiary/aromatic N) is 1. The summed E-state index contributed by atoms with van der Waals surface area (Å²) >= 11 is 0. The Morgan fingerprint density at radius 3 is 3.25 bits per heavy atom. The van der Waals surface area contributed by atoms with Crippen molar-refractivity contribution in [3.8, 4) is 0 Å². The zero-order valence-corrected chi connectivity index (χ0v) is 7.33. The van der Waals surface area contributed by atoms with Gasteiger partial charge in [-0.3, -0.25) is 4.98 Å². The highest BCUT2D eigenvalue weighted by atomic mass is 14.7. The molecule has 2 nitrogen and oxygen atoms in total. The number of hydrogen-bond donors (Lipinski definition) is 1. The van der Waals surface area contributed by atoms with Crippen LogP contribution in [0, 0.1) is 0 Å². The molecule has 0 fully saturated rings. The number of hydrogen-bond acceptors (Lipinski definition) is 2. The van der Waals surface area contributed by atoms with Crippen LogP contribution in [0.25, 0.3) is 0 Å². The van der Waals surface area contributed by atoms with Gasteiger partial charge in [-0.1, -0.05) is 0 Å². The second-order valence-electron chi connectivity index (χ2n) is 3.58. The van der Waals surface area contributed by atoms with Gasteiger partial charge in [0.15, 0.2) is 0 Å². The fourth-order valence-corrected chi connectivity index (χ4v) is 2.02. The van der Waals surface area contributed by atoms with Gasteiger partial charge in [-0.25, -0.2) is 0 Å².